The summed E-state index contributed by atoms with van der Waals surface area (Å²) in [6.07, 6.45) is 77.8. The summed E-state index contributed by atoms with van der Waals surface area (Å²) in [5.41, 5.74) is 0. The van der Waals surface area contributed by atoms with Crippen LogP contribution in [0.5, 0.6) is 0 Å². The van der Waals surface area contributed by atoms with E-state index in [1.165, 1.54) is 77.0 Å². The largest absolute Gasteiger partial charge is 0.462 e. The predicted molar refractivity (Wildman–Crippen MR) is 297 cm³/mol. The molecule has 0 aromatic rings. The third-order valence-electron chi connectivity index (χ3n) is 11.4. The quantitative estimate of drug-likeness (QED) is 0.0262. The van der Waals surface area contributed by atoms with E-state index in [1.807, 2.05) is 12.2 Å². The number of esters is 3. The van der Waals surface area contributed by atoms with Crippen LogP contribution in [0.25, 0.3) is 0 Å². The minimum Gasteiger partial charge on any atom is -0.462 e. The van der Waals surface area contributed by atoms with Gasteiger partial charge in [0.2, 0.25) is 0 Å². The van der Waals surface area contributed by atoms with Gasteiger partial charge in [-0.15, -0.1) is 0 Å². The molecule has 6 heteroatoms. The van der Waals surface area contributed by atoms with Crippen LogP contribution in [0.4, 0.5) is 0 Å². The normalized spacial score (nSPS) is 13.0. The van der Waals surface area contributed by atoms with Crippen molar-refractivity contribution in [3.8, 4) is 0 Å². The zero-order valence-corrected chi connectivity index (χ0v) is 44.5. The minimum absolute atomic E-state index is 0.115. The Morgan fingerprint density at radius 1 is 0.304 bits per heavy atom. The predicted octanol–water partition coefficient (Wildman–Crippen LogP) is 18.9. The molecule has 0 amide bonds. The molecule has 0 aliphatic carbocycles. The molecule has 1 unspecified atom stereocenters. The van der Waals surface area contributed by atoms with Crippen molar-refractivity contribution < 1.29 is 28.6 Å². The SMILES string of the molecule is CC/C=C\C/C=C\C/C=C\C/C=C\C/C=C\CCCCCCCCCCCC(=O)OCC(COC(=O)CCCCCCC/C=C\CCCCCC)OC(=O)CC/C=C\C/C=C\C/C=C\C/C=C\CC. The highest BCUT2D eigenvalue weighted by Crippen LogP contribution is 2.14. The van der Waals surface area contributed by atoms with Gasteiger partial charge in [0.15, 0.2) is 6.10 Å². The summed E-state index contributed by atoms with van der Waals surface area (Å²) in [6.45, 7) is 6.31. The molecule has 0 rings (SSSR count). The molecule has 0 aromatic heterocycles. The van der Waals surface area contributed by atoms with E-state index in [1.54, 1.807) is 0 Å². The van der Waals surface area contributed by atoms with Crippen LogP contribution in [0.15, 0.2) is 122 Å². The van der Waals surface area contributed by atoms with Crippen LogP contribution in [0.1, 0.15) is 239 Å². The molecule has 69 heavy (non-hydrogen) atoms. The van der Waals surface area contributed by atoms with Crippen molar-refractivity contribution >= 4 is 17.9 Å². The van der Waals surface area contributed by atoms with Gasteiger partial charge in [0.1, 0.15) is 13.2 Å². The van der Waals surface area contributed by atoms with Crippen molar-refractivity contribution in [1.82, 2.24) is 0 Å². The van der Waals surface area contributed by atoms with Crippen molar-refractivity contribution in [2.75, 3.05) is 13.2 Å². The average Bonchev–Trinajstić information content (AvgIpc) is 3.35. The summed E-state index contributed by atoms with van der Waals surface area (Å²) in [4.78, 5) is 38.0. The zero-order valence-electron chi connectivity index (χ0n) is 44.5. The maximum absolute atomic E-state index is 12.8. The third kappa shape index (κ3) is 54.6. The van der Waals surface area contributed by atoms with E-state index >= 15 is 0 Å². The van der Waals surface area contributed by atoms with E-state index in [-0.39, 0.29) is 31.6 Å². The standard InChI is InChI=1S/C63H102O6/c1-4-7-10-13-16-19-22-25-26-27-28-29-30-31-32-33-34-35-36-39-41-44-47-50-53-56-62(65)68-59-60(69-63(66)57-54-51-48-45-42-38-24-21-18-15-12-9-6-3)58-67-61(64)55-52-49-46-43-40-37-23-20-17-14-11-8-5-2/h7,9-10,12,16,18-21,23,25-26,28-29,31-32,38,42,48,51,60H,4-6,8,11,13-15,17,22,24,27,30,33-37,39-41,43-47,49-50,52-59H2,1-3H3/b10-7-,12-9-,19-16-,21-18-,23-20-,26-25-,29-28-,32-31-,42-38-,51-48-. The summed E-state index contributed by atoms with van der Waals surface area (Å²) >= 11 is 0. The molecule has 6 nitrogen and oxygen atoms in total. The summed E-state index contributed by atoms with van der Waals surface area (Å²) in [7, 11) is 0. The van der Waals surface area contributed by atoms with E-state index in [2.05, 4.69) is 130 Å². The highest BCUT2D eigenvalue weighted by Gasteiger charge is 2.19. The molecule has 0 aromatic carbocycles. The third-order valence-corrected chi connectivity index (χ3v) is 11.4. The fraction of sp³-hybridized carbons (Fsp3) is 0.635. The summed E-state index contributed by atoms with van der Waals surface area (Å²) < 4.78 is 16.7. The second kappa shape index (κ2) is 56.4. The number of hydrogen-bond donors (Lipinski definition) is 0. The molecule has 0 bridgehead atoms. The van der Waals surface area contributed by atoms with Crippen molar-refractivity contribution in [3.05, 3.63) is 122 Å². The number of rotatable bonds is 49. The maximum atomic E-state index is 12.8. The fourth-order valence-corrected chi connectivity index (χ4v) is 7.30. The first-order valence-electron chi connectivity index (χ1n) is 28.0. The molecule has 0 spiro atoms. The first kappa shape index (κ1) is 64.8. The van der Waals surface area contributed by atoms with Crippen molar-refractivity contribution in [2.45, 2.75) is 245 Å². The molecule has 0 aliphatic heterocycles. The Morgan fingerprint density at radius 3 is 0.957 bits per heavy atom. The lowest BCUT2D eigenvalue weighted by Gasteiger charge is -2.18. The first-order valence-corrected chi connectivity index (χ1v) is 28.0. The van der Waals surface area contributed by atoms with Crippen LogP contribution in [-0.4, -0.2) is 37.2 Å². The highest BCUT2D eigenvalue weighted by molar-refractivity contribution is 5.71. The molecule has 0 saturated heterocycles. The zero-order chi connectivity index (χ0) is 50.0. The Labute approximate surface area is 424 Å². The topological polar surface area (TPSA) is 78.9 Å². The first-order chi connectivity index (χ1) is 34.0. The Balaban J connectivity index is 4.38. The van der Waals surface area contributed by atoms with Gasteiger partial charge in [0.05, 0.1) is 0 Å². The van der Waals surface area contributed by atoms with Gasteiger partial charge in [-0.25, -0.2) is 0 Å². The molecule has 0 radical (unpaired) electrons. The van der Waals surface area contributed by atoms with Crippen LogP contribution in [0.2, 0.25) is 0 Å². The van der Waals surface area contributed by atoms with Crippen LogP contribution in [-0.2, 0) is 28.6 Å². The number of carbonyl (C=O) groups excluding carboxylic acids is 3. The number of ether oxygens (including phenoxy) is 3. The van der Waals surface area contributed by atoms with E-state index in [4.69, 9.17) is 14.2 Å². The minimum atomic E-state index is -0.824. The number of hydrogen-bond acceptors (Lipinski definition) is 6. The lowest BCUT2D eigenvalue weighted by Crippen LogP contribution is -2.30. The molecule has 1 atom stereocenters. The van der Waals surface area contributed by atoms with Gasteiger partial charge in [-0.1, -0.05) is 226 Å². The molecule has 0 heterocycles. The second-order valence-corrected chi connectivity index (χ2v) is 18.1. The van der Waals surface area contributed by atoms with Crippen LogP contribution in [0.3, 0.4) is 0 Å². The van der Waals surface area contributed by atoms with Gasteiger partial charge in [-0.05, 0) is 116 Å². The van der Waals surface area contributed by atoms with Gasteiger partial charge in [0.25, 0.3) is 0 Å². The number of carbonyl (C=O) groups is 3. The average molecular weight is 956 g/mol. The lowest BCUT2D eigenvalue weighted by atomic mass is 10.1. The van der Waals surface area contributed by atoms with Gasteiger partial charge < -0.3 is 14.2 Å². The van der Waals surface area contributed by atoms with Crippen LogP contribution < -0.4 is 0 Å². The molecular weight excluding hydrogens is 853 g/mol. The molecule has 0 aliphatic rings. The van der Waals surface area contributed by atoms with Crippen molar-refractivity contribution in [1.29, 1.82) is 0 Å². The van der Waals surface area contributed by atoms with E-state index in [0.29, 0.717) is 19.3 Å². The maximum Gasteiger partial charge on any atom is 0.306 e. The smallest absolute Gasteiger partial charge is 0.306 e. The molecule has 0 fully saturated rings. The van der Waals surface area contributed by atoms with E-state index < -0.39 is 12.1 Å². The van der Waals surface area contributed by atoms with Gasteiger partial charge in [-0.3, -0.25) is 14.4 Å². The molecule has 0 saturated carbocycles. The van der Waals surface area contributed by atoms with Crippen molar-refractivity contribution in [2.24, 2.45) is 0 Å². The summed E-state index contributed by atoms with van der Waals surface area (Å²) in [6, 6.07) is 0. The van der Waals surface area contributed by atoms with Gasteiger partial charge in [-0.2, -0.15) is 0 Å². The molecule has 0 N–H and O–H groups in total. The molecule has 390 valence electrons. The lowest BCUT2D eigenvalue weighted by molar-refractivity contribution is -0.166. The number of allylic oxidation sites excluding steroid dienone is 20. The monoisotopic (exact) mass is 955 g/mol. The van der Waals surface area contributed by atoms with E-state index in [9.17, 15) is 14.4 Å². The summed E-state index contributed by atoms with van der Waals surface area (Å²) in [5, 5.41) is 0. The molecular formula is C63H102O6. The van der Waals surface area contributed by atoms with E-state index in [0.717, 1.165) is 116 Å². The number of unbranched alkanes of at least 4 members (excludes halogenated alkanes) is 18. The van der Waals surface area contributed by atoms with Crippen LogP contribution >= 0.6 is 0 Å². The van der Waals surface area contributed by atoms with Gasteiger partial charge in [0, 0.05) is 19.3 Å². The Morgan fingerprint density at radius 2 is 0.594 bits per heavy atom. The second-order valence-electron chi connectivity index (χ2n) is 18.1. The Bertz CT molecular complexity index is 1470. The highest BCUT2D eigenvalue weighted by atomic mass is 16.6. The fourth-order valence-electron chi connectivity index (χ4n) is 7.30. The Hall–Kier alpha value is -4.19. The van der Waals surface area contributed by atoms with Gasteiger partial charge >= 0.3 is 17.9 Å². The van der Waals surface area contributed by atoms with Crippen molar-refractivity contribution in [3.63, 3.8) is 0 Å². The Kier molecular flexibility index (Phi) is 53.0. The van der Waals surface area contributed by atoms with Crippen LogP contribution in [0, 0.1) is 0 Å². The summed E-state index contributed by atoms with van der Waals surface area (Å²) in [5.74, 6) is -1.02.